The Hall–Kier alpha value is -0.670. The highest BCUT2D eigenvalue weighted by molar-refractivity contribution is 7.85. The van der Waals surface area contributed by atoms with Crippen molar-refractivity contribution in [1.29, 1.82) is 0 Å². The number of hydrogen-bond donors (Lipinski definition) is 1. The number of benzene rings is 1. The molecule has 4 atom stereocenters. The molecule has 0 bridgehead atoms. The molecular weight excluding hydrogens is 278 g/mol. The molecule has 0 radical (unpaired) electrons. The van der Waals surface area contributed by atoms with Crippen molar-refractivity contribution in [1.82, 2.24) is 0 Å². The van der Waals surface area contributed by atoms with Gasteiger partial charge in [0.1, 0.15) is 0 Å². The first-order chi connectivity index (χ1) is 10.1. The van der Waals surface area contributed by atoms with Gasteiger partial charge < -0.3 is 5.73 Å². The first-order valence-electron chi connectivity index (χ1n) is 8.24. The van der Waals surface area contributed by atoms with E-state index in [2.05, 4.69) is 39.0 Å². The van der Waals surface area contributed by atoms with Gasteiger partial charge in [0, 0.05) is 10.1 Å². The summed E-state index contributed by atoms with van der Waals surface area (Å²) in [6.07, 6.45) is 5.97. The van der Waals surface area contributed by atoms with Gasteiger partial charge in [-0.25, -0.2) is 0 Å². The molecule has 0 aliphatic heterocycles. The molecule has 0 aromatic heterocycles. The van der Waals surface area contributed by atoms with Crippen molar-refractivity contribution < 1.29 is 4.21 Å². The summed E-state index contributed by atoms with van der Waals surface area (Å²) in [7, 11) is -0.926. The van der Waals surface area contributed by atoms with E-state index >= 15 is 0 Å². The second-order valence-electron chi connectivity index (χ2n) is 6.57. The normalized spacial score (nSPS) is 27.5. The van der Waals surface area contributed by atoms with Gasteiger partial charge in [-0.3, -0.25) is 4.21 Å². The lowest BCUT2D eigenvalue weighted by molar-refractivity contribution is 0.272. The lowest BCUT2D eigenvalue weighted by Crippen LogP contribution is -2.37. The Balaban J connectivity index is 2.23. The smallest absolute Gasteiger partial charge is 0.0567 e. The second-order valence-corrected chi connectivity index (χ2v) is 8.21. The molecule has 2 nitrogen and oxygen atoms in total. The van der Waals surface area contributed by atoms with Crippen molar-refractivity contribution in [3.63, 3.8) is 0 Å². The fourth-order valence-corrected chi connectivity index (χ4v) is 5.62. The molecule has 118 valence electrons. The molecule has 1 aliphatic carbocycles. The van der Waals surface area contributed by atoms with Crippen LogP contribution < -0.4 is 5.73 Å². The molecule has 0 saturated heterocycles. The molecule has 1 saturated carbocycles. The third kappa shape index (κ3) is 3.95. The predicted octanol–water partition coefficient (Wildman–Crippen LogP) is 3.95. The number of rotatable bonds is 5. The van der Waals surface area contributed by atoms with Crippen molar-refractivity contribution in [3.8, 4) is 0 Å². The van der Waals surface area contributed by atoms with E-state index in [1.807, 2.05) is 0 Å². The third-order valence-electron chi connectivity index (χ3n) is 4.87. The van der Waals surface area contributed by atoms with E-state index < -0.39 is 10.8 Å². The highest BCUT2D eigenvalue weighted by Gasteiger charge is 2.34. The van der Waals surface area contributed by atoms with Crippen LogP contribution in [-0.4, -0.2) is 16.0 Å². The molecule has 1 aromatic carbocycles. The molecular formula is C18H29NOS. The average molecular weight is 308 g/mol. The number of hydrogen-bond acceptors (Lipinski definition) is 2. The standard InChI is InChI=1S/C18H29NOS/c1-4-5-15-8-9-16(12-19)18(11-15)21(20)17-10-13(2)6-7-14(17)3/h6-7,10,15-16,18H,4-5,8-9,11-12,19H2,1-3H3. The van der Waals surface area contributed by atoms with Crippen LogP contribution >= 0.6 is 0 Å². The molecule has 0 amide bonds. The summed E-state index contributed by atoms with van der Waals surface area (Å²) in [5, 5.41) is 0.237. The molecule has 1 aromatic rings. The summed E-state index contributed by atoms with van der Waals surface area (Å²) < 4.78 is 13.1. The van der Waals surface area contributed by atoms with Gasteiger partial charge in [-0.2, -0.15) is 0 Å². The van der Waals surface area contributed by atoms with Gasteiger partial charge in [-0.15, -0.1) is 0 Å². The Bertz CT molecular complexity index is 500. The van der Waals surface area contributed by atoms with Crippen LogP contribution in [0.1, 0.15) is 50.2 Å². The summed E-state index contributed by atoms with van der Waals surface area (Å²) in [4.78, 5) is 1.02. The predicted molar refractivity (Wildman–Crippen MR) is 90.9 cm³/mol. The zero-order valence-corrected chi connectivity index (χ0v) is 14.4. The summed E-state index contributed by atoms with van der Waals surface area (Å²) in [5.41, 5.74) is 8.30. The van der Waals surface area contributed by atoms with Gasteiger partial charge in [0.15, 0.2) is 0 Å². The van der Waals surface area contributed by atoms with Crippen molar-refractivity contribution >= 4 is 10.8 Å². The minimum Gasteiger partial charge on any atom is -0.330 e. The zero-order chi connectivity index (χ0) is 15.4. The van der Waals surface area contributed by atoms with Crippen LogP contribution in [0, 0.1) is 25.7 Å². The molecule has 3 heteroatoms. The average Bonchev–Trinajstić information content (AvgIpc) is 2.49. The maximum Gasteiger partial charge on any atom is 0.0567 e. The van der Waals surface area contributed by atoms with Crippen LogP contribution in [-0.2, 0) is 10.8 Å². The summed E-state index contributed by atoms with van der Waals surface area (Å²) in [6.45, 7) is 7.05. The maximum absolute atomic E-state index is 13.1. The zero-order valence-electron chi connectivity index (χ0n) is 13.6. The molecule has 0 spiro atoms. The van der Waals surface area contributed by atoms with Crippen molar-refractivity contribution in [2.75, 3.05) is 6.54 Å². The Morgan fingerprint density at radius 2 is 2.05 bits per heavy atom. The van der Waals surface area contributed by atoms with E-state index in [4.69, 9.17) is 5.73 Å². The Labute approximate surface area is 132 Å². The number of nitrogens with two attached hydrogens (primary N) is 1. The van der Waals surface area contributed by atoms with Gasteiger partial charge in [0.2, 0.25) is 0 Å². The van der Waals surface area contributed by atoms with E-state index in [0.29, 0.717) is 12.5 Å². The Kier molecular flexibility index (Phi) is 6.00. The van der Waals surface area contributed by atoms with Gasteiger partial charge in [0.25, 0.3) is 0 Å². The summed E-state index contributed by atoms with van der Waals surface area (Å²) in [6, 6.07) is 6.28. The lowest BCUT2D eigenvalue weighted by Gasteiger charge is -2.35. The monoisotopic (exact) mass is 307 g/mol. The van der Waals surface area contributed by atoms with Crippen LogP contribution in [0.5, 0.6) is 0 Å². The van der Waals surface area contributed by atoms with Crippen LogP contribution in [0.2, 0.25) is 0 Å². The van der Waals surface area contributed by atoms with E-state index in [1.165, 1.54) is 24.8 Å². The van der Waals surface area contributed by atoms with Crippen molar-refractivity contribution in [2.45, 2.75) is 63.0 Å². The molecule has 1 fully saturated rings. The van der Waals surface area contributed by atoms with Crippen LogP contribution in [0.3, 0.4) is 0 Å². The molecule has 21 heavy (non-hydrogen) atoms. The molecule has 1 aliphatic rings. The third-order valence-corrected chi connectivity index (χ3v) is 6.87. The maximum atomic E-state index is 13.1. The molecule has 2 N–H and O–H groups in total. The van der Waals surface area contributed by atoms with Gasteiger partial charge in [0.05, 0.1) is 10.8 Å². The van der Waals surface area contributed by atoms with Crippen molar-refractivity contribution in [3.05, 3.63) is 29.3 Å². The van der Waals surface area contributed by atoms with Gasteiger partial charge in [-0.1, -0.05) is 38.3 Å². The Morgan fingerprint density at radius 1 is 1.29 bits per heavy atom. The van der Waals surface area contributed by atoms with E-state index in [-0.39, 0.29) is 5.25 Å². The molecule has 4 unspecified atom stereocenters. The number of aryl methyl sites for hydroxylation is 2. The first-order valence-corrected chi connectivity index (χ1v) is 9.46. The summed E-state index contributed by atoms with van der Waals surface area (Å²) >= 11 is 0. The van der Waals surface area contributed by atoms with Crippen molar-refractivity contribution in [2.24, 2.45) is 17.6 Å². The topological polar surface area (TPSA) is 43.1 Å². The minimum absolute atomic E-state index is 0.237. The van der Waals surface area contributed by atoms with E-state index in [1.54, 1.807) is 0 Å². The van der Waals surface area contributed by atoms with Crippen LogP contribution in [0.4, 0.5) is 0 Å². The highest BCUT2D eigenvalue weighted by Crippen LogP contribution is 2.36. The highest BCUT2D eigenvalue weighted by atomic mass is 32.2. The van der Waals surface area contributed by atoms with Gasteiger partial charge in [-0.05, 0) is 62.3 Å². The Morgan fingerprint density at radius 3 is 2.71 bits per heavy atom. The van der Waals surface area contributed by atoms with Crippen LogP contribution in [0.25, 0.3) is 0 Å². The second kappa shape index (κ2) is 7.55. The summed E-state index contributed by atoms with van der Waals surface area (Å²) in [5.74, 6) is 1.15. The van der Waals surface area contributed by atoms with E-state index in [9.17, 15) is 4.21 Å². The fraction of sp³-hybridized carbons (Fsp3) is 0.667. The fourth-order valence-electron chi connectivity index (χ4n) is 3.56. The largest absolute Gasteiger partial charge is 0.330 e. The lowest BCUT2D eigenvalue weighted by atomic mass is 9.80. The van der Waals surface area contributed by atoms with Crippen LogP contribution in [0.15, 0.2) is 23.1 Å². The van der Waals surface area contributed by atoms with E-state index in [0.717, 1.165) is 29.2 Å². The van der Waals surface area contributed by atoms with Gasteiger partial charge >= 0.3 is 0 Å². The minimum atomic E-state index is -0.926. The molecule has 0 heterocycles. The SMILES string of the molecule is CCCC1CCC(CN)C(S(=O)c2cc(C)ccc2C)C1. The molecule has 2 rings (SSSR count). The quantitative estimate of drug-likeness (QED) is 0.895. The first kappa shape index (κ1) is 16.7.